The van der Waals surface area contributed by atoms with Crippen molar-refractivity contribution in [3.05, 3.63) is 11.6 Å². The maximum atomic E-state index is 5.85. The summed E-state index contributed by atoms with van der Waals surface area (Å²) in [5.41, 5.74) is 1.67. The lowest BCUT2D eigenvalue weighted by atomic mass is 9.81. The summed E-state index contributed by atoms with van der Waals surface area (Å²) in [6.45, 7) is 11.7. The second-order valence-electron chi connectivity index (χ2n) is 6.19. The van der Waals surface area contributed by atoms with Gasteiger partial charge in [-0.1, -0.05) is 6.08 Å². The fourth-order valence-electron chi connectivity index (χ4n) is 2.99. The first kappa shape index (κ1) is 12.1. The molecule has 2 aliphatic heterocycles. The minimum absolute atomic E-state index is 0.0674. The van der Waals surface area contributed by atoms with E-state index >= 15 is 0 Å². The smallest absolute Gasteiger partial charge is 0.0911 e. The highest BCUT2D eigenvalue weighted by molar-refractivity contribution is 5.24. The molecule has 0 saturated carbocycles. The van der Waals surface area contributed by atoms with Crippen LogP contribution in [0.15, 0.2) is 11.6 Å². The Morgan fingerprint density at radius 2 is 2.06 bits per heavy atom. The first-order valence-electron chi connectivity index (χ1n) is 6.21. The highest BCUT2D eigenvalue weighted by Gasteiger charge is 2.35. The van der Waals surface area contributed by atoms with Gasteiger partial charge in [-0.15, -0.1) is 0 Å². The topological polar surface area (TPSA) is 33.3 Å². The van der Waals surface area contributed by atoms with Gasteiger partial charge in [0.1, 0.15) is 0 Å². The van der Waals surface area contributed by atoms with Crippen LogP contribution < -0.4 is 10.6 Å². The molecule has 2 N–H and O–H groups in total. The van der Waals surface area contributed by atoms with E-state index in [4.69, 9.17) is 4.74 Å². The monoisotopic (exact) mass is 224 g/mol. The predicted octanol–water partition coefficient (Wildman–Crippen LogP) is 1.45. The number of hydrogen-bond donors (Lipinski definition) is 2. The van der Waals surface area contributed by atoms with Crippen LogP contribution in [0.25, 0.3) is 0 Å². The van der Waals surface area contributed by atoms with E-state index in [9.17, 15) is 0 Å². The van der Waals surface area contributed by atoms with E-state index in [1.165, 1.54) is 5.57 Å². The van der Waals surface area contributed by atoms with Crippen molar-refractivity contribution in [2.45, 2.75) is 51.3 Å². The van der Waals surface area contributed by atoms with E-state index in [1.54, 1.807) is 0 Å². The molecular weight excluding hydrogens is 200 g/mol. The number of hydrogen-bond acceptors (Lipinski definition) is 3. The Bertz CT molecular complexity index is 288. The van der Waals surface area contributed by atoms with Gasteiger partial charge in [0.15, 0.2) is 0 Å². The molecule has 2 rings (SSSR count). The average Bonchev–Trinajstić information content (AvgIpc) is 2.14. The average molecular weight is 224 g/mol. The molecule has 0 amide bonds. The molecule has 1 fully saturated rings. The van der Waals surface area contributed by atoms with Crippen molar-refractivity contribution in [1.29, 1.82) is 0 Å². The minimum Gasteiger partial charge on any atom is -0.371 e. The van der Waals surface area contributed by atoms with E-state index in [0.29, 0.717) is 0 Å². The molecule has 0 aromatic carbocycles. The number of rotatable bonds is 1. The first-order chi connectivity index (χ1) is 7.38. The molecule has 3 heteroatoms. The van der Waals surface area contributed by atoms with E-state index in [1.807, 2.05) is 0 Å². The van der Waals surface area contributed by atoms with Gasteiger partial charge in [-0.3, -0.25) is 0 Å². The molecule has 1 unspecified atom stereocenters. The quantitative estimate of drug-likeness (QED) is 0.661. The van der Waals surface area contributed by atoms with Gasteiger partial charge >= 0.3 is 0 Å². The normalized spacial score (nSPS) is 33.2. The zero-order chi connectivity index (χ0) is 11.8. The van der Waals surface area contributed by atoms with Crippen molar-refractivity contribution in [2.24, 2.45) is 0 Å². The van der Waals surface area contributed by atoms with Gasteiger partial charge in [-0.2, -0.15) is 0 Å². The molecule has 3 nitrogen and oxygen atoms in total. The summed E-state index contributed by atoms with van der Waals surface area (Å²) in [6.07, 6.45) is 3.69. The van der Waals surface area contributed by atoms with Crippen LogP contribution in [0.1, 0.15) is 34.1 Å². The summed E-state index contributed by atoms with van der Waals surface area (Å²) >= 11 is 0. The maximum absolute atomic E-state index is 5.85. The predicted molar refractivity (Wildman–Crippen MR) is 66.6 cm³/mol. The molecule has 1 atom stereocenters. The lowest BCUT2D eigenvalue weighted by Crippen LogP contribution is -2.56. The number of morpholine rings is 1. The zero-order valence-corrected chi connectivity index (χ0v) is 10.9. The van der Waals surface area contributed by atoms with Gasteiger partial charge in [0.25, 0.3) is 0 Å². The van der Waals surface area contributed by atoms with Crippen LogP contribution in [0.2, 0.25) is 0 Å². The summed E-state index contributed by atoms with van der Waals surface area (Å²) in [7, 11) is 0. The van der Waals surface area contributed by atoms with Gasteiger partial charge in [0.2, 0.25) is 0 Å². The zero-order valence-electron chi connectivity index (χ0n) is 10.9. The van der Waals surface area contributed by atoms with Crippen LogP contribution in [0, 0.1) is 0 Å². The molecule has 0 aliphatic carbocycles. The molecule has 2 heterocycles. The molecule has 0 spiro atoms. The van der Waals surface area contributed by atoms with Crippen molar-refractivity contribution in [1.82, 2.24) is 10.6 Å². The Morgan fingerprint density at radius 1 is 1.31 bits per heavy atom. The standard InChI is InChI=1S/C13H24N2O/c1-12(2)7-10(8-13(3,4)15-12)11-9-14-5-6-16-11/h7,11,14-15H,5-6,8-9H2,1-4H3. The molecule has 0 aromatic rings. The van der Waals surface area contributed by atoms with Crippen molar-refractivity contribution in [2.75, 3.05) is 19.7 Å². The first-order valence-corrected chi connectivity index (χ1v) is 6.21. The van der Waals surface area contributed by atoms with Crippen molar-refractivity contribution >= 4 is 0 Å². The lowest BCUT2D eigenvalue weighted by Gasteiger charge is -2.43. The van der Waals surface area contributed by atoms with Gasteiger partial charge in [-0.05, 0) is 39.7 Å². The Kier molecular flexibility index (Phi) is 3.12. The summed E-state index contributed by atoms with van der Waals surface area (Å²) in [4.78, 5) is 0. The van der Waals surface area contributed by atoms with Gasteiger partial charge in [-0.25, -0.2) is 0 Å². The molecule has 1 saturated heterocycles. The van der Waals surface area contributed by atoms with Crippen LogP contribution in [0.5, 0.6) is 0 Å². The lowest BCUT2D eigenvalue weighted by molar-refractivity contribution is 0.0443. The molecule has 92 valence electrons. The third kappa shape index (κ3) is 2.84. The van der Waals surface area contributed by atoms with Crippen LogP contribution in [0.3, 0.4) is 0 Å². The second-order valence-corrected chi connectivity index (χ2v) is 6.19. The highest BCUT2D eigenvalue weighted by Crippen LogP contribution is 2.30. The van der Waals surface area contributed by atoms with Crippen molar-refractivity contribution in [3.63, 3.8) is 0 Å². The van der Waals surface area contributed by atoms with Crippen LogP contribution in [0.4, 0.5) is 0 Å². The number of ether oxygens (including phenoxy) is 1. The second kappa shape index (κ2) is 4.13. The molecule has 0 aromatic heterocycles. The summed E-state index contributed by atoms with van der Waals surface area (Å²) in [6, 6.07) is 0. The van der Waals surface area contributed by atoms with E-state index in [-0.39, 0.29) is 17.2 Å². The third-order valence-electron chi connectivity index (χ3n) is 3.19. The van der Waals surface area contributed by atoms with Crippen molar-refractivity contribution < 1.29 is 4.74 Å². The van der Waals surface area contributed by atoms with Crippen LogP contribution >= 0.6 is 0 Å². The fourth-order valence-corrected chi connectivity index (χ4v) is 2.99. The third-order valence-corrected chi connectivity index (χ3v) is 3.19. The van der Waals surface area contributed by atoms with Crippen molar-refractivity contribution in [3.8, 4) is 0 Å². The number of nitrogens with one attached hydrogen (secondary N) is 2. The van der Waals surface area contributed by atoms with E-state index < -0.39 is 0 Å². The van der Waals surface area contributed by atoms with E-state index in [2.05, 4.69) is 44.4 Å². The van der Waals surface area contributed by atoms with Gasteiger partial charge in [0, 0.05) is 24.2 Å². The van der Waals surface area contributed by atoms with Crippen LogP contribution in [-0.2, 0) is 4.74 Å². The highest BCUT2D eigenvalue weighted by atomic mass is 16.5. The summed E-state index contributed by atoms with van der Waals surface area (Å²) in [5, 5.41) is 7.05. The van der Waals surface area contributed by atoms with Gasteiger partial charge < -0.3 is 15.4 Å². The molecule has 0 bridgehead atoms. The Morgan fingerprint density at radius 3 is 2.62 bits per heavy atom. The Balaban J connectivity index is 2.16. The molecular formula is C13H24N2O. The van der Waals surface area contributed by atoms with Crippen LogP contribution in [-0.4, -0.2) is 36.9 Å². The fraction of sp³-hybridized carbons (Fsp3) is 0.846. The summed E-state index contributed by atoms with van der Waals surface area (Å²) in [5.74, 6) is 0. The Hall–Kier alpha value is -0.380. The minimum atomic E-state index is 0.0674. The van der Waals surface area contributed by atoms with Gasteiger partial charge in [0.05, 0.1) is 12.7 Å². The summed E-state index contributed by atoms with van der Waals surface area (Å²) < 4.78 is 5.85. The molecule has 16 heavy (non-hydrogen) atoms. The maximum Gasteiger partial charge on any atom is 0.0911 e. The molecule has 0 radical (unpaired) electrons. The molecule has 2 aliphatic rings. The Labute approximate surface area is 98.6 Å². The van der Waals surface area contributed by atoms with E-state index in [0.717, 1.165) is 26.1 Å². The SMILES string of the molecule is CC1(C)C=C(C2CNCCO2)CC(C)(C)N1. The largest absolute Gasteiger partial charge is 0.371 e.